The van der Waals surface area contributed by atoms with Gasteiger partial charge < -0.3 is 14.7 Å². The number of pyridine rings is 1. The number of hydrogen-bond acceptors (Lipinski definition) is 5. The summed E-state index contributed by atoms with van der Waals surface area (Å²) in [6.45, 7) is 21.7. The van der Waals surface area contributed by atoms with Gasteiger partial charge in [-0.05, 0) is 59.2 Å². The first-order valence-electron chi connectivity index (χ1n) is 11.9. The molecule has 1 aliphatic rings. The van der Waals surface area contributed by atoms with Gasteiger partial charge in [-0.15, -0.1) is 0 Å². The Morgan fingerprint density at radius 1 is 1.26 bits per heavy atom. The summed E-state index contributed by atoms with van der Waals surface area (Å²) >= 11 is 6.61. The molecule has 0 unspecified atom stereocenters. The molecule has 0 radical (unpaired) electrons. The first kappa shape index (κ1) is 30.7. The molecule has 1 N–H and O–H groups in total. The molecule has 5 nitrogen and oxygen atoms in total. The summed E-state index contributed by atoms with van der Waals surface area (Å²) in [5.74, 6) is -1.24. The zero-order valence-corrected chi connectivity index (χ0v) is 23.5. The quantitative estimate of drug-likeness (QED) is 0.240. The fourth-order valence-electron chi connectivity index (χ4n) is 3.27. The van der Waals surface area contributed by atoms with E-state index in [0.717, 1.165) is 29.1 Å². The van der Waals surface area contributed by atoms with Gasteiger partial charge >= 0.3 is 0 Å². The number of hydrogen-bond donors (Lipinski definition) is 1. The Hall–Kier alpha value is -3.55. The van der Waals surface area contributed by atoms with Crippen molar-refractivity contribution in [2.45, 2.75) is 47.1 Å². The van der Waals surface area contributed by atoms with Crippen LogP contribution < -0.4 is 4.90 Å². The molecule has 0 atom stereocenters. The van der Waals surface area contributed by atoms with E-state index in [1.807, 2.05) is 37.8 Å². The number of aromatic nitrogens is 1. The number of anilines is 1. The summed E-state index contributed by atoms with van der Waals surface area (Å²) in [5, 5.41) is 10.5. The number of ether oxygens (including phenoxy) is 1. The summed E-state index contributed by atoms with van der Waals surface area (Å²) in [7, 11) is 0. The lowest BCUT2D eigenvalue weighted by molar-refractivity contribution is 0.119. The normalized spacial score (nSPS) is 15.8. The molecule has 0 amide bonds. The zero-order valence-electron chi connectivity index (χ0n) is 22.7. The van der Waals surface area contributed by atoms with E-state index in [2.05, 4.69) is 29.7 Å². The largest absolute Gasteiger partial charge is 0.487 e. The first-order valence-corrected chi connectivity index (χ1v) is 12.3. The second kappa shape index (κ2) is 12.8. The second-order valence-electron chi connectivity index (χ2n) is 9.16. The predicted molar refractivity (Wildman–Crippen MR) is 153 cm³/mol. The van der Waals surface area contributed by atoms with Gasteiger partial charge in [0, 0.05) is 29.6 Å². The number of allylic oxidation sites excluding steroid dienone is 8. The third-order valence-corrected chi connectivity index (χ3v) is 5.98. The van der Waals surface area contributed by atoms with Crippen molar-refractivity contribution in [1.29, 1.82) is 0 Å². The van der Waals surface area contributed by atoms with Gasteiger partial charge in [0.25, 0.3) is 0 Å². The van der Waals surface area contributed by atoms with Crippen molar-refractivity contribution in [3.63, 3.8) is 0 Å². The van der Waals surface area contributed by atoms with Gasteiger partial charge in [0.1, 0.15) is 34.7 Å². The Kier molecular flexibility index (Phi) is 10.3. The van der Waals surface area contributed by atoms with Crippen LogP contribution in [0.3, 0.4) is 0 Å². The van der Waals surface area contributed by atoms with Crippen LogP contribution in [0.15, 0.2) is 112 Å². The number of halogens is 3. The molecule has 2 rings (SSSR count). The minimum absolute atomic E-state index is 0.0314. The lowest BCUT2D eigenvalue weighted by Gasteiger charge is -2.32. The van der Waals surface area contributed by atoms with Crippen LogP contribution in [0.1, 0.15) is 45.9 Å². The van der Waals surface area contributed by atoms with Crippen molar-refractivity contribution in [1.82, 2.24) is 4.98 Å². The average molecular weight is 542 g/mol. The molecule has 1 aromatic heterocycles. The van der Waals surface area contributed by atoms with Crippen LogP contribution in [0.5, 0.6) is 0 Å². The van der Waals surface area contributed by atoms with Crippen molar-refractivity contribution >= 4 is 23.0 Å². The van der Waals surface area contributed by atoms with Gasteiger partial charge in [0.05, 0.1) is 28.5 Å². The minimum atomic E-state index is -1.19. The molecule has 0 saturated carbocycles. The fourth-order valence-corrected chi connectivity index (χ4v) is 3.46. The number of nitrogens with zero attached hydrogens (tertiary/aromatic N) is 3. The summed E-state index contributed by atoms with van der Waals surface area (Å²) < 4.78 is 33.2. The number of rotatable bonds is 10. The average Bonchev–Trinajstić information content (AvgIpc) is 2.85. The lowest BCUT2D eigenvalue weighted by Crippen LogP contribution is -2.25. The van der Waals surface area contributed by atoms with Crippen molar-refractivity contribution in [2.75, 3.05) is 11.5 Å². The molecule has 0 aliphatic carbocycles. The van der Waals surface area contributed by atoms with Crippen LogP contribution >= 0.6 is 11.6 Å². The summed E-state index contributed by atoms with van der Waals surface area (Å²) in [6, 6.07) is 1.85. The zero-order chi connectivity index (χ0) is 28.8. The Bertz CT molecular complexity index is 1320. The van der Waals surface area contributed by atoms with Crippen molar-refractivity contribution < 1.29 is 18.6 Å². The SMILES string of the molecule is C=C(COC1=C(Cl)C(=C)N(c2cc(C(/C=C\C)=NC(=C)C(C)(C)O)ncc2C)C(C)=C1)/C(F)=C\C(F)=C/C. The molecule has 0 spiro atoms. The van der Waals surface area contributed by atoms with E-state index in [-0.39, 0.29) is 23.0 Å². The molecule has 1 aromatic rings. The Morgan fingerprint density at radius 2 is 1.92 bits per heavy atom. The molecule has 0 fully saturated rings. The summed E-state index contributed by atoms with van der Waals surface area (Å²) in [4.78, 5) is 10.9. The van der Waals surface area contributed by atoms with Crippen LogP contribution in [0.2, 0.25) is 0 Å². The molecular weight excluding hydrogens is 508 g/mol. The van der Waals surface area contributed by atoms with Crippen LogP contribution in [0, 0.1) is 6.92 Å². The third-order valence-electron chi connectivity index (χ3n) is 5.58. The second-order valence-corrected chi connectivity index (χ2v) is 9.54. The maximum atomic E-state index is 14.1. The van der Waals surface area contributed by atoms with Gasteiger partial charge in [-0.1, -0.05) is 43.5 Å². The summed E-state index contributed by atoms with van der Waals surface area (Å²) in [5.41, 5.74) is 2.94. The first-order chi connectivity index (χ1) is 17.7. The van der Waals surface area contributed by atoms with E-state index >= 15 is 0 Å². The van der Waals surface area contributed by atoms with Crippen molar-refractivity contribution in [2.24, 2.45) is 4.99 Å². The Balaban J connectivity index is 2.41. The van der Waals surface area contributed by atoms with E-state index in [1.54, 1.807) is 32.2 Å². The maximum absolute atomic E-state index is 14.1. The van der Waals surface area contributed by atoms with E-state index < -0.39 is 17.3 Å². The van der Waals surface area contributed by atoms with Gasteiger partial charge in [-0.2, -0.15) is 0 Å². The molecular formula is C30H34ClF2N3O2. The highest BCUT2D eigenvalue weighted by Gasteiger charge is 2.26. The molecule has 2 heterocycles. The highest BCUT2D eigenvalue weighted by Crippen LogP contribution is 2.37. The highest BCUT2D eigenvalue weighted by molar-refractivity contribution is 6.33. The Morgan fingerprint density at radius 3 is 2.50 bits per heavy atom. The van der Waals surface area contributed by atoms with Crippen LogP contribution in [0.4, 0.5) is 14.5 Å². The third kappa shape index (κ3) is 7.49. The number of aliphatic imine (C=N–C) groups is 1. The van der Waals surface area contributed by atoms with Crippen molar-refractivity contribution in [3.05, 3.63) is 119 Å². The Labute approximate surface area is 228 Å². The number of aryl methyl sites for hydroxylation is 1. The predicted octanol–water partition coefficient (Wildman–Crippen LogP) is 8.03. The smallest absolute Gasteiger partial charge is 0.142 e. The molecule has 0 saturated heterocycles. The van der Waals surface area contributed by atoms with Crippen LogP contribution in [0.25, 0.3) is 0 Å². The van der Waals surface area contributed by atoms with Gasteiger partial charge in [-0.25, -0.2) is 13.8 Å². The van der Waals surface area contributed by atoms with E-state index in [9.17, 15) is 13.9 Å². The molecule has 0 aromatic carbocycles. The summed E-state index contributed by atoms with van der Waals surface area (Å²) in [6.07, 6.45) is 8.91. The van der Waals surface area contributed by atoms with Gasteiger partial charge in [-0.3, -0.25) is 4.98 Å². The minimum Gasteiger partial charge on any atom is -0.487 e. The molecule has 1 aliphatic heterocycles. The molecule has 0 bridgehead atoms. The standard InChI is InChI=1S/C30H34ClF2N3O2/c1-10-12-25(35-22(7)30(8,9)37)26-15-27(18(3)16-34-26)36-20(5)13-28(29(31)21(36)6)38-17-19(4)24(33)14-23(32)11-2/h10-16,37H,4,6-7,17H2,1-3,5,8-9H3/b12-10-,23-11+,24-14+,35-25?. The van der Waals surface area contributed by atoms with Crippen LogP contribution in [-0.2, 0) is 4.74 Å². The fraction of sp³-hybridized carbons (Fsp3) is 0.267. The topological polar surface area (TPSA) is 58.0 Å². The van der Waals surface area contributed by atoms with Crippen LogP contribution in [-0.4, -0.2) is 28.0 Å². The molecule has 38 heavy (non-hydrogen) atoms. The van der Waals surface area contributed by atoms with E-state index in [0.29, 0.717) is 22.8 Å². The number of aliphatic hydroxyl groups is 1. The highest BCUT2D eigenvalue weighted by atomic mass is 35.5. The van der Waals surface area contributed by atoms with Gasteiger partial charge in [0.15, 0.2) is 0 Å². The van der Waals surface area contributed by atoms with Crippen molar-refractivity contribution in [3.8, 4) is 0 Å². The van der Waals surface area contributed by atoms with E-state index in [1.165, 1.54) is 6.92 Å². The van der Waals surface area contributed by atoms with E-state index in [4.69, 9.17) is 16.3 Å². The molecule has 8 heteroatoms. The maximum Gasteiger partial charge on any atom is 0.142 e. The van der Waals surface area contributed by atoms with Gasteiger partial charge in [0.2, 0.25) is 0 Å². The molecule has 202 valence electrons. The lowest BCUT2D eigenvalue weighted by atomic mass is 10.1. The monoisotopic (exact) mass is 541 g/mol.